The SMILES string of the molecule is O=C(CN1C(=O)c2ccccc2S1(=O)=O)N1CC[C@@H]2CCCC[C@@H]2C1. The average Bonchev–Trinajstić information content (AvgIpc) is 2.82. The molecule has 2 amide bonds. The molecule has 2 atom stereocenters. The van der Waals surface area contributed by atoms with Crippen LogP contribution in [0.5, 0.6) is 0 Å². The van der Waals surface area contributed by atoms with Crippen molar-refractivity contribution < 1.29 is 18.0 Å². The zero-order chi connectivity index (χ0) is 17.6. The van der Waals surface area contributed by atoms with Gasteiger partial charge < -0.3 is 4.90 Å². The number of carbonyl (C=O) groups is 2. The van der Waals surface area contributed by atoms with Crippen LogP contribution in [-0.4, -0.2) is 49.1 Å². The minimum absolute atomic E-state index is 0.00112. The first-order chi connectivity index (χ1) is 12.0. The van der Waals surface area contributed by atoms with Crippen LogP contribution in [0.15, 0.2) is 29.2 Å². The Balaban J connectivity index is 1.49. The summed E-state index contributed by atoms with van der Waals surface area (Å²) >= 11 is 0. The first kappa shape index (κ1) is 16.6. The van der Waals surface area contributed by atoms with Crippen molar-refractivity contribution in [2.75, 3.05) is 19.6 Å². The third-order valence-electron chi connectivity index (χ3n) is 5.83. The lowest BCUT2D eigenvalue weighted by molar-refractivity contribution is -0.134. The van der Waals surface area contributed by atoms with E-state index in [0.29, 0.717) is 24.9 Å². The topological polar surface area (TPSA) is 74.8 Å². The first-order valence-corrected chi connectivity index (χ1v) is 10.4. The highest BCUT2D eigenvalue weighted by Crippen LogP contribution is 2.36. The molecule has 2 heterocycles. The Bertz CT molecular complexity index is 820. The van der Waals surface area contributed by atoms with Crippen LogP contribution in [0.1, 0.15) is 42.5 Å². The van der Waals surface area contributed by atoms with Gasteiger partial charge in [0, 0.05) is 13.1 Å². The number of sulfonamides is 1. The molecule has 134 valence electrons. The summed E-state index contributed by atoms with van der Waals surface area (Å²) in [5.74, 6) is 0.346. The highest BCUT2D eigenvalue weighted by atomic mass is 32.2. The molecule has 1 aromatic rings. The van der Waals surface area contributed by atoms with E-state index in [9.17, 15) is 18.0 Å². The number of likely N-dealkylation sites (tertiary alicyclic amines) is 1. The molecule has 0 unspecified atom stereocenters. The molecule has 0 spiro atoms. The molecular weight excluding hydrogens is 340 g/mol. The van der Waals surface area contributed by atoms with Crippen molar-refractivity contribution in [2.24, 2.45) is 11.8 Å². The minimum atomic E-state index is -3.92. The summed E-state index contributed by atoms with van der Waals surface area (Å²) in [5.41, 5.74) is 0.154. The summed E-state index contributed by atoms with van der Waals surface area (Å²) < 4.78 is 25.9. The Hall–Kier alpha value is -1.89. The van der Waals surface area contributed by atoms with Crippen molar-refractivity contribution in [1.29, 1.82) is 0 Å². The van der Waals surface area contributed by atoms with Crippen LogP contribution >= 0.6 is 0 Å². The quantitative estimate of drug-likeness (QED) is 0.805. The summed E-state index contributed by atoms with van der Waals surface area (Å²) in [7, 11) is -3.92. The van der Waals surface area contributed by atoms with Crippen molar-refractivity contribution in [2.45, 2.75) is 37.0 Å². The van der Waals surface area contributed by atoms with Crippen molar-refractivity contribution in [3.8, 4) is 0 Å². The van der Waals surface area contributed by atoms with Gasteiger partial charge in [0.2, 0.25) is 5.91 Å². The van der Waals surface area contributed by atoms with Gasteiger partial charge in [-0.15, -0.1) is 0 Å². The van der Waals surface area contributed by atoms with Crippen molar-refractivity contribution >= 4 is 21.8 Å². The summed E-state index contributed by atoms with van der Waals surface area (Å²) in [6, 6.07) is 6.13. The maximum Gasteiger partial charge on any atom is 0.269 e. The summed E-state index contributed by atoms with van der Waals surface area (Å²) in [5, 5.41) is 0. The Kier molecular flexibility index (Phi) is 4.06. The largest absolute Gasteiger partial charge is 0.341 e. The smallest absolute Gasteiger partial charge is 0.269 e. The maximum atomic E-state index is 12.7. The van der Waals surface area contributed by atoms with Gasteiger partial charge in [-0.05, 0) is 36.8 Å². The Morgan fingerprint density at radius 3 is 2.56 bits per heavy atom. The van der Waals surface area contributed by atoms with Gasteiger partial charge in [0.15, 0.2) is 0 Å². The normalized spacial score (nSPS) is 27.8. The van der Waals surface area contributed by atoms with Crippen LogP contribution < -0.4 is 0 Å². The fraction of sp³-hybridized carbons (Fsp3) is 0.556. The van der Waals surface area contributed by atoms with Crippen LogP contribution in [-0.2, 0) is 14.8 Å². The molecule has 7 heteroatoms. The first-order valence-electron chi connectivity index (χ1n) is 8.92. The Morgan fingerprint density at radius 2 is 1.80 bits per heavy atom. The van der Waals surface area contributed by atoms with E-state index < -0.39 is 22.5 Å². The monoisotopic (exact) mass is 362 g/mol. The molecule has 0 bridgehead atoms. The van der Waals surface area contributed by atoms with Gasteiger partial charge in [-0.2, -0.15) is 0 Å². The molecular formula is C18H22N2O4S. The van der Waals surface area contributed by atoms with Crippen LogP contribution in [0.3, 0.4) is 0 Å². The molecule has 25 heavy (non-hydrogen) atoms. The van der Waals surface area contributed by atoms with E-state index in [4.69, 9.17) is 0 Å². The molecule has 1 saturated carbocycles. The van der Waals surface area contributed by atoms with Crippen molar-refractivity contribution in [3.63, 3.8) is 0 Å². The Morgan fingerprint density at radius 1 is 1.08 bits per heavy atom. The van der Waals surface area contributed by atoms with E-state index in [-0.39, 0.29) is 16.4 Å². The van der Waals surface area contributed by atoms with Gasteiger partial charge in [-0.25, -0.2) is 12.7 Å². The second-order valence-corrected chi connectivity index (χ2v) is 9.08. The molecule has 1 aliphatic carbocycles. The molecule has 1 saturated heterocycles. The lowest BCUT2D eigenvalue weighted by Crippen LogP contribution is -2.49. The predicted octanol–water partition coefficient (Wildman–Crippen LogP) is 1.87. The van der Waals surface area contributed by atoms with Crippen molar-refractivity contribution in [1.82, 2.24) is 9.21 Å². The van der Waals surface area contributed by atoms with Crippen molar-refractivity contribution in [3.05, 3.63) is 29.8 Å². The highest BCUT2D eigenvalue weighted by molar-refractivity contribution is 7.90. The fourth-order valence-corrected chi connectivity index (χ4v) is 5.96. The number of nitrogens with zero attached hydrogens (tertiary/aromatic N) is 2. The standard InChI is InChI=1S/C18H22N2O4S/c21-17(19-10-9-13-5-1-2-6-14(13)11-19)12-20-18(22)15-7-3-4-8-16(15)25(20,23)24/h3-4,7-8,13-14H,1-2,5-6,9-12H2/t13-,14+/m0/s1. The lowest BCUT2D eigenvalue weighted by atomic mass is 9.75. The van der Waals surface area contributed by atoms with E-state index in [1.807, 2.05) is 0 Å². The van der Waals surface area contributed by atoms with E-state index >= 15 is 0 Å². The molecule has 6 nitrogen and oxygen atoms in total. The number of hydrogen-bond donors (Lipinski definition) is 0. The van der Waals surface area contributed by atoms with E-state index in [2.05, 4.69) is 0 Å². The van der Waals surface area contributed by atoms with Crippen LogP contribution in [0.4, 0.5) is 0 Å². The molecule has 3 aliphatic rings. The predicted molar refractivity (Wildman–Crippen MR) is 91.3 cm³/mol. The maximum absolute atomic E-state index is 12.7. The second kappa shape index (κ2) is 6.12. The van der Waals surface area contributed by atoms with Gasteiger partial charge in [-0.1, -0.05) is 31.4 Å². The number of hydrogen-bond acceptors (Lipinski definition) is 4. The number of piperidine rings is 1. The molecule has 2 fully saturated rings. The van der Waals surface area contributed by atoms with Crippen LogP contribution in [0, 0.1) is 11.8 Å². The van der Waals surface area contributed by atoms with E-state index in [1.165, 1.54) is 31.4 Å². The Labute approximate surface area is 147 Å². The molecule has 0 N–H and O–H groups in total. The fourth-order valence-electron chi connectivity index (χ4n) is 4.44. The third-order valence-corrected chi connectivity index (χ3v) is 7.62. The molecule has 1 aromatic carbocycles. The summed E-state index contributed by atoms with van der Waals surface area (Å²) in [6.45, 7) is 0.959. The zero-order valence-electron chi connectivity index (χ0n) is 14.1. The van der Waals surface area contributed by atoms with Gasteiger partial charge in [0.1, 0.15) is 11.4 Å². The minimum Gasteiger partial charge on any atom is -0.341 e. The molecule has 4 rings (SSSR count). The van der Waals surface area contributed by atoms with Gasteiger partial charge >= 0.3 is 0 Å². The van der Waals surface area contributed by atoms with Crippen LogP contribution in [0.2, 0.25) is 0 Å². The van der Waals surface area contributed by atoms with Gasteiger partial charge in [-0.3, -0.25) is 9.59 Å². The molecule has 2 aliphatic heterocycles. The second-order valence-electron chi connectivity index (χ2n) is 7.25. The van der Waals surface area contributed by atoms with E-state index in [0.717, 1.165) is 17.1 Å². The number of fused-ring (bicyclic) bond motifs is 2. The highest BCUT2D eigenvalue weighted by Gasteiger charge is 2.43. The van der Waals surface area contributed by atoms with E-state index in [1.54, 1.807) is 17.0 Å². The number of benzene rings is 1. The molecule has 0 aromatic heterocycles. The average molecular weight is 362 g/mol. The van der Waals surface area contributed by atoms with Crippen LogP contribution in [0.25, 0.3) is 0 Å². The van der Waals surface area contributed by atoms with Gasteiger partial charge in [0.25, 0.3) is 15.9 Å². The number of amides is 2. The summed E-state index contributed by atoms with van der Waals surface area (Å²) in [6.07, 6.45) is 5.84. The lowest BCUT2D eigenvalue weighted by Gasteiger charge is -2.41. The number of rotatable bonds is 2. The summed E-state index contributed by atoms with van der Waals surface area (Å²) in [4.78, 5) is 26.9. The number of carbonyl (C=O) groups excluding carboxylic acids is 2. The molecule has 0 radical (unpaired) electrons. The van der Waals surface area contributed by atoms with Gasteiger partial charge in [0.05, 0.1) is 5.56 Å². The third kappa shape index (κ3) is 2.74. The zero-order valence-corrected chi connectivity index (χ0v) is 14.9.